The highest BCUT2D eigenvalue weighted by molar-refractivity contribution is 7.22. The molecule has 0 amide bonds. The van der Waals surface area contributed by atoms with Crippen molar-refractivity contribution in [2.75, 3.05) is 7.11 Å². The summed E-state index contributed by atoms with van der Waals surface area (Å²) in [5.74, 6) is 0.786. The van der Waals surface area contributed by atoms with Crippen LogP contribution in [0.3, 0.4) is 0 Å². The Balaban J connectivity index is 1.56. The molecule has 0 radical (unpaired) electrons. The van der Waals surface area contributed by atoms with E-state index in [1.807, 2.05) is 65.3 Å². The number of aromatic nitrogens is 3. The second-order valence-electron chi connectivity index (χ2n) is 6.87. The molecule has 1 aromatic carbocycles. The number of thiophene rings is 1. The largest absolute Gasteiger partial charge is 0.497 e. The zero-order valence-corrected chi connectivity index (χ0v) is 16.9. The lowest BCUT2D eigenvalue weighted by Gasteiger charge is -2.03. The third-order valence-corrected chi connectivity index (χ3v) is 6.25. The fourth-order valence-corrected chi connectivity index (χ4v) is 4.63. The summed E-state index contributed by atoms with van der Waals surface area (Å²) in [6.45, 7) is 0.294. The van der Waals surface area contributed by atoms with E-state index < -0.39 is 0 Å². The summed E-state index contributed by atoms with van der Waals surface area (Å²) in [6, 6.07) is 17.6. The Kier molecular flexibility index (Phi) is 4.34. The number of hydrogen-bond acceptors (Lipinski definition) is 5. The van der Waals surface area contributed by atoms with Gasteiger partial charge in [-0.25, -0.2) is 4.98 Å². The van der Waals surface area contributed by atoms with Gasteiger partial charge in [0.25, 0.3) is 5.56 Å². The van der Waals surface area contributed by atoms with E-state index in [0.29, 0.717) is 22.3 Å². The smallest absolute Gasteiger partial charge is 0.271 e. The lowest BCUT2D eigenvalue weighted by Crippen LogP contribution is -2.20. The van der Waals surface area contributed by atoms with Crippen molar-refractivity contribution in [2.24, 2.45) is 0 Å². The molecule has 5 rings (SSSR count). The van der Waals surface area contributed by atoms with Gasteiger partial charge in [-0.2, -0.15) is 5.26 Å². The maximum Gasteiger partial charge on any atom is 0.271 e. The number of ether oxygens (including phenoxy) is 1. The van der Waals surface area contributed by atoms with Crippen LogP contribution in [0, 0.1) is 11.3 Å². The van der Waals surface area contributed by atoms with Gasteiger partial charge in [0.15, 0.2) is 0 Å². The summed E-state index contributed by atoms with van der Waals surface area (Å²) in [4.78, 5) is 18.6. The molecule has 0 saturated carbocycles. The van der Waals surface area contributed by atoms with Gasteiger partial charge in [-0.05, 0) is 48.0 Å². The first-order valence-electron chi connectivity index (χ1n) is 9.30. The van der Waals surface area contributed by atoms with Crippen molar-refractivity contribution in [3.8, 4) is 22.3 Å². The van der Waals surface area contributed by atoms with Crippen molar-refractivity contribution < 1.29 is 4.74 Å². The van der Waals surface area contributed by atoms with E-state index in [4.69, 9.17) is 4.74 Å². The number of nitriles is 1. The molecule has 4 heterocycles. The number of fused-ring (bicyclic) bond motifs is 2. The molecule has 0 spiro atoms. The summed E-state index contributed by atoms with van der Waals surface area (Å²) in [5.41, 5.74) is 3.77. The average Bonchev–Trinajstić information content (AvgIpc) is 3.37. The lowest BCUT2D eigenvalue weighted by atomic mass is 10.2. The minimum Gasteiger partial charge on any atom is -0.497 e. The molecule has 0 N–H and O–H groups in total. The van der Waals surface area contributed by atoms with E-state index >= 15 is 0 Å². The van der Waals surface area contributed by atoms with Gasteiger partial charge >= 0.3 is 0 Å². The summed E-state index contributed by atoms with van der Waals surface area (Å²) >= 11 is 1.42. The first-order chi connectivity index (χ1) is 14.7. The van der Waals surface area contributed by atoms with Crippen molar-refractivity contribution in [1.82, 2.24) is 14.0 Å². The quantitative estimate of drug-likeness (QED) is 0.441. The number of pyridine rings is 1. The molecular formula is C23H16N4O2S. The summed E-state index contributed by atoms with van der Waals surface area (Å²) in [6.07, 6.45) is 5.34. The van der Waals surface area contributed by atoms with E-state index in [1.54, 1.807) is 18.0 Å². The number of rotatable bonds is 4. The molecule has 0 atom stereocenters. The summed E-state index contributed by atoms with van der Waals surface area (Å²) in [5, 5.41) is 9.62. The number of hydrogen-bond donors (Lipinski definition) is 0. The van der Waals surface area contributed by atoms with Crippen LogP contribution in [-0.2, 0) is 6.54 Å². The van der Waals surface area contributed by atoms with Crippen LogP contribution in [0.5, 0.6) is 5.75 Å². The van der Waals surface area contributed by atoms with Crippen LogP contribution in [0.25, 0.3) is 26.2 Å². The zero-order valence-electron chi connectivity index (χ0n) is 16.1. The molecule has 4 aromatic heterocycles. The predicted octanol–water partition coefficient (Wildman–Crippen LogP) is 4.31. The van der Waals surface area contributed by atoms with Gasteiger partial charge in [0.1, 0.15) is 16.5 Å². The van der Waals surface area contributed by atoms with Crippen LogP contribution in [0.4, 0.5) is 0 Å². The Morgan fingerprint density at radius 2 is 2.03 bits per heavy atom. The van der Waals surface area contributed by atoms with Gasteiger partial charge in [0.05, 0.1) is 36.6 Å². The Morgan fingerprint density at radius 3 is 2.80 bits per heavy atom. The highest BCUT2D eigenvalue weighted by Crippen LogP contribution is 2.31. The maximum absolute atomic E-state index is 13.1. The van der Waals surface area contributed by atoms with Crippen molar-refractivity contribution in [3.05, 3.63) is 88.7 Å². The lowest BCUT2D eigenvalue weighted by molar-refractivity contribution is 0.415. The van der Waals surface area contributed by atoms with E-state index in [1.165, 1.54) is 11.3 Å². The standard InChI is InChI=1S/C23H16N4O2S/c1-29-17-7-5-15(6-8-17)21-10-19-22(30-21)23(28)27(14-25-19)13-16-12-26-9-3-2-4-20(26)18(16)11-24/h2-10,12,14H,13H2,1H3. The van der Waals surface area contributed by atoms with Crippen LogP contribution in [0.1, 0.15) is 11.1 Å². The van der Waals surface area contributed by atoms with E-state index in [9.17, 15) is 10.1 Å². The Hall–Kier alpha value is -3.89. The van der Waals surface area contributed by atoms with E-state index in [-0.39, 0.29) is 5.56 Å². The van der Waals surface area contributed by atoms with Gasteiger partial charge in [-0.1, -0.05) is 6.07 Å². The molecular weight excluding hydrogens is 396 g/mol. The van der Waals surface area contributed by atoms with Gasteiger partial charge in [0, 0.05) is 22.8 Å². The molecule has 30 heavy (non-hydrogen) atoms. The number of methoxy groups -OCH3 is 1. The first kappa shape index (κ1) is 18.2. The fraction of sp³-hybridized carbons (Fsp3) is 0.0870. The van der Waals surface area contributed by atoms with Crippen molar-refractivity contribution in [3.63, 3.8) is 0 Å². The average molecular weight is 412 g/mol. The molecule has 5 aromatic rings. The molecule has 6 nitrogen and oxygen atoms in total. The molecule has 146 valence electrons. The maximum atomic E-state index is 13.1. The third-order valence-electron chi connectivity index (χ3n) is 5.09. The first-order valence-corrected chi connectivity index (χ1v) is 10.1. The van der Waals surface area contributed by atoms with Crippen molar-refractivity contribution in [2.45, 2.75) is 6.54 Å². The highest BCUT2D eigenvalue weighted by atomic mass is 32.1. The van der Waals surface area contributed by atoms with Crippen molar-refractivity contribution >= 4 is 27.1 Å². The van der Waals surface area contributed by atoms with Crippen LogP contribution in [-0.4, -0.2) is 21.1 Å². The molecule has 0 fully saturated rings. The minimum atomic E-state index is -0.107. The zero-order chi connectivity index (χ0) is 20.7. The normalized spacial score (nSPS) is 11.1. The Labute approximate surface area is 175 Å². The summed E-state index contributed by atoms with van der Waals surface area (Å²) < 4.78 is 9.27. The molecule has 0 aliphatic carbocycles. The Morgan fingerprint density at radius 1 is 1.20 bits per heavy atom. The molecule has 0 unspecified atom stereocenters. The van der Waals surface area contributed by atoms with Crippen molar-refractivity contribution in [1.29, 1.82) is 5.26 Å². The van der Waals surface area contributed by atoms with Gasteiger partial charge < -0.3 is 9.14 Å². The van der Waals surface area contributed by atoms with Crippen LogP contribution in [0.15, 0.2) is 72.0 Å². The summed E-state index contributed by atoms with van der Waals surface area (Å²) in [7, 11) is 1.63. The van der Waals surface area contributed by atoms with Gasteiger partial charge in [0.2, 0.25) is 0 Å². The number of nitrogens with zero attached hydrogens (tertiary/aromatic N) is 4. The Bertz CT molecular complexity index is 1490. The molecule has 0 aliphatic rings. The number of benzene rings is 1. The second kappa shape index (κ2) is 7.17. The van der Waals surface area contributed by atoms with E-state index in [0.717, 1.165) is 27.3 Å². The SMILES string of the molecule is COc1ccc(-c2cc3ncn(Cc4cn5ccccc5c4C#N)c(=O)c3s2)cc1. The van der Waals surface area contributed by atoms with Gasteiger partial charge in [-0.15, -0.1) is 11.3 Å². The van der Waals surface area contributed by atoms with Crippen LogP contribution in [0.2, 0.25) is 0 Å². The van der Waals surface area contributed by atoms with Gasteiger partial charge in [-0.3, -0.25) is 9.36 Å². The highest BCUT2D eigenvalue weighted by Gasteiger charge is 2.14. The predicted molar refractivity (Wildman–Crippen MR) is 117 cm³/mol. The fourth-order valence-electron chi connectivity index (χ4n) is 3.57. The minimum absolute atomic E-state index is 0.107. The molecule has 0 bridgehead atoms. The second-order valence-corrected chi connectivity index (χ2v) is 7.92. The van der Waals surface area contributed by atoms with Crippen LogP contribution >= 0.6 is 11.3 Å². The van der Waals surface area contributed by atoms with Crippen LogP contribution < -0.4 is 10.3 Å². The monoisotopic (exact) mass is 412 g/mol. The topological polar surface area (TPSA) is 72.3 Å². The molecule has 7 heteroatoms. The molecule has 0 aliphatic heterocycles. The van der Waals surface area contributed by atoms with E-state index in [2.05, 4.69) is 11.1 Å². The molecule has 0 saturated heterocycles. The third kappa shape index (κ3) is 2.95.